The van der Waals surface area contributed by atoms with E-state index < -0.39 is 0 Å². The Morgan fingerprint density at radius 1 is 1.19 bits per heavy atom. The molecule has 0 aromatic carbocycles. The highest BCUT2D eigenvalue weighted by atomic mass is 15.6. The maximum absolute atomic E-state index is 4.28. The largest absolute Gasteiger partial charge is 0.296 e. The zero-order valence-electron chi connectivity index (χ0n) is 12.4. The molecule has 4 rings (SSSR count). The average Bonchev–Trinajstić information content (AvgIpc) is 3.09. The van der Waals surface area contributed by atoms with Crippen LogP contribution >= 0.6 is 0 Å². The number of piperidine rings is 1. The fraction of sp³-hybridized carbons (Fsp3) is 0.714. The van der Waals surface area contributed by atoms with Gasteiger partial charge in [0.05, 0.1) is 12.6 Å². The van der Waals surface area contributed by atoms with Crippen molar-refractivity contribution in [1.29, 1.82) is 0 Å². The van der Waals surface area contributed by atoms with Gasteiger partial charge in [-0.25, -0.2) is 4.68 Å². The fourth-order valence-corrected chi connectivity index (χ4v) is 3.29. The molecule has 2 aromatic rings. The van der Waals surface area contributed by atoms with Gasteiger partial charge >= 0.3 is 0 Å². The van der Waals surface area contributed by atoms with Crippen LogP contribution in [0.25, 0.3) is 0 Å². The molecule has 2 aliphatic rings. The first-order valence-corrected chi connectivity index (χ1v) is 7.78. The van der Waals surface area contributed by atoms with Crippen molar-refractivity contribution in [2.45, 2.75) is 44.2 Å². The molecule has 1 aliphatic carbocycles. The van der Waals surface area contributed by atoms with Crippen molar-refractivity contribution in [2.24, 2.45) is 7.05 Å². The van der Waals surface area contributed by atoms with E-state index in [1.807, 2.05) is 22.6 Å². The van der Waals surface area contributed by atoms with Crippen LogP contribution in [0.5, 0.6) is 0 Å². The smallest absolute Gasteiger partial charge is 0.165 e. The summed E-state index contributed by atoms with van der Waals surface area (Å²) in [5, 5.41) is 16.5. The van der Waals surface area contributed by atoms with Gasteiger partial charge in [0.25, 0.3) is 0 Å². The van der Waals surface area contributed by atoms with E-state index in [-0.39, 0.29) is 0 Å². The first kappa shape index (κ1) is 12.9. The van der Waals surface area contributed by atoms with Gasteiger partial charge in [-0.05, 0) is 55.3 Å². The van der Waals surface area contributed by atoms with E-state index in [4.69, 9.17) is 0 Å². The number of rotatable bonds is 4. The molecule has 0 atom stereocenters. The summed E-state index contributed by atoms with van der Waals surface area (Å²) in [6, 6.07) is 2.70. The lowest BCUT2D eigenvalue weighted by molar-refractivity contribution is 0.194. The molecule has 112 valence electrons. The number of nitrogens with zero attached hydrogens (tertiary/aromatic N) is 7. The molecule has 0 radical (unpaired) electrons. The Kier molecular flexibility index (Phi) is 3.21. The van der Waals surface area contributed by atoms with Crippen LogP contribution in [0, 0.1) is 0 Å². The Labute approximate surface area is 123 Å². The first-order valence-electron chi connectivity index (χ1n) is 7.78. The maximum Gasteiger partial charge on any atom is 0.165 e. The Morgan fingerprint density at radius 2 is 2.00 bits per heavy atom. The van der Waals surface area contributed by atoms with Crippen LogP contribution in [-0.4, -0.2) is 48.0 Å². The topological polar surface area (TPSA) is 64.7 Å². The maximum atomic E-state index is 4.28. The van der Waals surface area contributed by atoms with Gasteiger partial charge in [0.2, 0.25) is 0 Å². The average molecular weight is 287 g/mol. The molecule has 7 heteroatoms. The van der Waals surface area contributed by atoms with Crippen LogP contribution in [0.3, 0.4) is 0 Å². The van der Waals surface area contributed by atoms with Crippen molar-refractivity contribution in [2.75, 3.05) is 13.1 Å². The number of tetrazole rings is 1. The number of aromatic nitrogens is 6. The molecule has 0 amide bonds. The van der Waals surface area contributed by atoms with Crippen molar-refractivity contribution in [3.63, 3.8) is 0 Å². The number of likely N-dealkylation sites (tertiary alicyclic amines) is 1. The second-order valence-corrected chi connectivity index (χ2v) is 6.20. The molecule has 21 heavy (non-hydrogen) atoms. The molecule has 0 unspecified atom stereocenters. The normalized spacial score (nSPS) is 21.0. The van der Waals surface area contributed by atoms with Gasteiger partial charge in [-0.2, -0.15) is 5.10 Å². The Morgan fingerprint density at radius 3 is 2.67 bits per heavy atom. The van der Waals surface area contributed by atoms with Gasteiger partial charge in [-0.15, -0.1) is 5.10 Å². The zero-order chi connectivity index (χ0) is 14.2. The summed E-state index contributed by atoms with van der Waals surface area (Å²) >= 11 is 0. The van der Waals surface area contributed by atoms with Crippen LogP contribution in [0.4, 0.5) is 0 Å². The lowest BCUT2D eigenvalue weighted by Crippen LogP contribution is -2.34. The van der Waals surface area contributed by atoms with E-state index in [0.29, 0.717) is 12.0 Å². The molecule has 1 saturated carbocycles. The van der Waals surface area contributed by atoms with E-state index in [0.717, 1.165) is 25.5 Å². The van der Waals surface area contributed by atoms with Crippen LogP contribution in [0.1, 0.15) is 49.2 Å². The molecule has 0 bridgehead atoms. The highest BCUT2D eigenvalue weighted by Crippen LogP contribution is 2.35. The van der Waals surface area contributed by atoms with Crippen molar-refractivity contribution < 1.29 is 0 Å². The molecule has 0 N–H and O–H groups in total. The lowest BCUT2D eigenvalue weighted by atomic mass is 9.93. The van der Waals surface area contributed by atoms with Gasteiger partial charge in [0.15, 0.2) is 5.82 Å². The van der Waals surface area contributed by atoms with Crippen molar-refractivity contribution in [1.82, 2.24) is 34.9 Å². The Bertz CT molecular complexity index is 604. The van der Waals surface area contributed by atoms with Crippen LogP contribution < -0.4 is 0 Å². The molecule has 7 nitrogen and oxygen atoms in total. The molecular weight excluding hydrogens is 266 g/mol. The summed E-state index contributed by atoms with van der Waals surface area (Å²) in [6.45, 7) is 3.09. The van der Waals surface area contributed by atoms with Gasteiger partial charge < -0.3 is 0 Å². The minimum Gasteiger partial charge on any atom is -0.296 e. The number of hydrogen-bond acceptors (Lipinski definition) is 5. The van der Waals surface area contributed by atoms with E-state index >= 15 is 0 Å². The van der Waals surface area contributed by atoms with Crippen molar-refractivity contribution >= 4 is 0 Å². The van der Waals surface area contributed by atoms with Gasteiger partial charge in [-0.1, -0.05) is 0 Å². The van der Waals surface area contributed by atoms with Crippen LogP contribution in [-0.2, 0) is 13.6 Å². The molecule has 1 saturated heterocycles. The number of aryl methyl sites for hydroxylation is 1. The Balaban J connectivity index is 1.37. The van der Waals surface area contributed by atoms with E-state index in [1.165, 1.54) is 31.4 Å². The molecule has 1 aliphatic heterocycles. The van der Waals surface area contributed by atoms with Crippen molar-refractivity contribution in [3.8, 4) is 0 Å². The highest BCUT2D eigenvalue weighted by molar-refractivity contribution is 5.09. The quantitative estimate of drug-likeness (QED) is 0.843. The molecule has 2 fully saturated rings. The minimum atomic E-state index is 0.557. The third-order valence-corrected chi connectivity index (χ3v) is 4.68. The molecule has 3 heterocycles. The Hall–Kier alpha value is -1.76. The zero-order valence-corrected chi connectivity index (χ0v) is 12.4. The summed E-state index contributed by atoms with van der Waals surface area (Å²) in [5.74, 6) is 1.66. The second-order valence-electron chi connectivity index (χ2n) is 6.20. The summed E-state index contributed by atoms with van der Waals surface area (Å²) < 4.78 is 4.03. The summed E-state index contributed by atoms with van der Waals surface area (Å²) in [4.78, 5) is 2.47. The van der Waals surface area contributed by atoms with Crippen LogP contribution in [0.15, 0.2) is 12.3 Å². The van der Waals surface area contributed by atoms with E-state index in [9.17, 15) is 0 Å². The molecule has 0 spiro atoms. The minimum absolute atomic E-state index is 0.557. The summed E-state index contributed by atoms with van der Waals surface area (Å²) in [6.07, 6.45) is 6.71. The first-order chi connectivity index (χ1) is 10.3. The summed E-state index contributed by atoms with van der Waals surface area (Å²) in [7, 11) is 2.03. The number of hydrogen-bond donors (Lipinski definition) is 0. The molecular formula is C14H21N7. The van der Waals surface area contributed by atoms with Gasteiger partial charge in [0, 0.05) is 24.9 Å². The van der Waals surface area contributed by atoms with Gasteiger partial charge in [0.1, 0.15) is 0 Å². The standard InChI is InChI=1S/C14H21N7/c1-19-13(4-7-15-19)11-5-8-20(9-6-11)10-14-16-17-18-21(14)12-2-3-12/h4,7,11-12H,2-3,5-6,8-10H2,1H3. The monoisotopic (exact) mass is 287 g/mol. The van der Waals surface area contributed by atoms with E-state index in [1.54, 1.807) is 0 Å². The van der Waals surface area contributed by atoms with Crippen molar-refractivity contribution in [3.05, 3.63) is 23.8 Å². The van der Waals surface area contributed by atoms with Gasteiger partial charge in [-0.3, -0.25) is 9.58 Å². The second kappa shape index (κ2) is 5.22. The highest BCUT2D eigenvalue weighted by Gasteiger charge is 2.29. The van der Waals surface area contributed by atoms with E-state index in [2.05, 4.69) is 31.6 Å². The predicted octanol–water partition coefficient (Wildman–Crippen LogP) is 1.12. The summed E-state index contributed by atoms with van der Waals surface area (Å²) in [5.41, 5.74) is 1.36. The lowest BCUT2D eigenvalue weighted by Gasteiger charge is -2.31. The predicted molar refractivity (Wildman–Crippen MR) is 76.5 cm³/mol. The van der Waals surface area contributed by atoms with Crippen LogP contribution in [0.2, 0.25) is 0 Å². The molecule has 2 aromatic heterocycles. The third kappa shape index (κ3) is 2.57. The third-order valence-electron chi connectivity index (χ3n) is 4.68. The SMILES string of the molecule is Cn1nccc1C1CCN(Cc2nnnn2C2CC2)CC1. The fourth-order valence-electron chi connectivity index (χ4n) is 3.29.